The summed E-state index contributed by atoms with van der Waals surface area (Å²) in [6.07, 6.45) is 1.96. The van der Waals surface area contributed by atoms with E-state index in [9.17, 15) is 9.59 Å². The number of carbonyl (C=O) groups is 2. The van der Waals surface area contributed by atoms with Gasteiger partial charge in [0.25, 0.3) is 0 Å². The molecule has 1 aliphatic heterocycles. The molecule has 0 fully saturated rings. The van der Waals surface area contributed by atoms with Crippen LogP contribution in [0.25, 0.3) is 0 Å². The van der Waals surface area contributed by atoms with Gasteiger partial charge in [-0.3, -0.25) is 9.59 Å². The fraction of sp³-hybridized carbons (Fsp3) is 0.333. The van der Waals surface area contributed by atoms with E-state index in [1.165, 1.54) is 11.0 Å². The van der Waals surface area contributed by atoms with Crippen LogP contribution in [0.3, 0.4) is 0 Å². The van der Waals surface area contributed by atoms with E-state index >= 15 is 0 Å². The third kappa shape index (κ3) is 3.66. The summed E-state index contributed by atoms with van der Waals surface area (Å²) in [4.78, 5) is 26.8. The highest BCUT2D eigenvalue weighted by Crippen LogP contribution is 2.30. The number of halogens is 2. The van der Waals surface area contributed by atoms with Crippen LogP contribution in [-0.2, 0) is 22.6 Å². The highest BCUT2D eigenvalue weighted by molar-refractivity contribution is 9.10. The molecule has 1 aromatic rings. The molecule has 21 heavy (non-hydrogen) atoms. The second kappa shape index (κ2) is 6.62. The molecule has 0 saturated carbocycles. The van der Waals surface area contributed by atoms with Gasteiger partial charge in [0.1, 0.15) is 0 Å². The minimum Gasteiger partial charge on any atom is -0.336 e. The highest BCUT2D eigenvalue weighted by atomic mass is 79.9. The van der Waals surface area contributed by atoms with Crippen molar-refractivity contribution in [2.45, 2.75) is 13.0 Å². The molecule has 1 aliphatic rings. The second-order valence-electron chi connectivity index (χ2n) is 4.99. The lowest BCUT2D eigenvalue weighted by molar-refractivity contribution is -0.137. The minimum absolute atomic E-state index is 0.0499. The molecule has 1 aromatic carbocycles. The number of amides is 2. The van der Waals surface area contributed by atoms with E-state index in [1.807, 2.05) is 12.1 Å². The number of rotatable bonds is 3. The van der Waals surface area contributed by atoms with Gasteiger partial charge >= 0.3 is 0 Å². The first kappa shape index (κ1) is 16.0. The Labute approximate surface area is 137 Å². The lowest BCUT2D eigenvalue weighted by Crippen LogP contribution is -2.43. The molecule has 2 rings (SSSR count). The fourth-order valence-corrected chi connectivity index (χ4v) is 3.27. The van der Waals surface area contributed by atoms with Gasteiger partial charge in [0.05, 0.1) is 6.54 Å². The largest absolute Gasteiger partial charge is 0.336 e. The molecule has 4 nitrogen and oxygen atoms in total. The number of nitrogens with zero attached hydrogens (tertiary/aromatic N) is 2. The maximum atomic E-state index is 12.3. The molecule has 0 saturated heterocycles. The fourth-order valence-electron chi connectivity index (χ4n) is 2.33. The van der Waals surface area contributed by atoms with Crippen LogP contribution >= 0.6 is 27.5 Å². The van der Waals surface area contributed by atoms with Crippen molar-refractivity contribution in [3.63, 3.8) is 0 Å². The van der Waals surface area contributed by atoms with E-state index < -0.39 is 0 Å². The van der Waals surface area contributed by atoms with Crippen molar-refractivity contribution in [3.8, 4) is 0 Å². The van der Waals surface area contributed by atoms with Crippen LogP contribution in [0.5, 0.6) is 0 Å². The molecule has 0 radical (unpaired) electrons. The van der Waals surface area contributed by atoms with Crippen LogP contribution in [0, 0.1) is 0 Å². The Morgan fingerprint density at radius 1 is 1.52 bits per heavy atom. The third-order valence-electron chi connectivity index (χ3n) is 3.53. The van der Waals surface area contributed by atoms with Crippen molar-refractivity contribution in [1.82, 2.24) is 9.80 Å². The molecule has 0 atom stereocenters. The topological polar surface area (TPSA) is 40.6 Å². The van der Waals surface area contributed by atoms with E-state index in [2.05, 4.69) is 22.5 Å². The zero-order valence-corrected chi connectivity index (χ0v) is 14.1. The summed E-state index contributed by atoms with van der Waals surface area (Å²) in [6, 6.07) is 3.87. The molecule has 0 aliphatic carbocycles. The zero-order valence-electron chi connectivity index (χ0n) is 11.7. The summed E-state index contributed by atoms with van der Waals surface area (Å²) < 4.78 is 0.947. The lowest BCUT2D eigenvalue weighted by Gasteiger charge is -2.31. The number of benzene rings is 1. The number of carbonyl (C=O) groups excluding carboxylic acids is 2. The van der Waals surface area contributed by atoms with Gasteiger partial charge < -0.3 is 9.80 Å². The first-order chi connectivity index (χ1) is 9.92. The van der Waals surface area contributed by atoms with Crippen molar-refractivity contribution in [1.29, 1.82) is 0 Å². The molecular formula is C15H16BrClN2O2. The molecule has 112 valence electrons. The van der Waals surface area contributed by atoms with Gasteiger partial charge in [-0.1, -0.05) is 34.1 Å². The van der Waals surface area contributed by atoms with E-state index in [1.54, 1.807) is 11.9 Å². The van der Waals surface area contributed by atoms with Crippen molar-refractivity contribution >= 4 is 39.3 Å². The Bertz CT molecular complexity index is 604. The number of hydrogen-bond acceptors (Lipinski definition) is 2. The van der Waals surface area contributed by atoms with Crippen LogP contribution in [0.4, 0.5) is 0 Å². The SMILES string of the molecule is C=CC(=O)N(C)CC(=O)N1CCc2cc(Br)cc(Cl)c2C1. The number of fused-ring (bicyclic) bond motifs is 1. The van der Waals surface area contributed by atoms with E-state index in [0.29, 0.717) is 18.1 Å². The summed E-state index contributed by atoms with van der Waals surface area (Å²) in [5, 5.41) is 0.660. The smallest absolute Gasteiger partial charge is 0.246 e. The highest BCUT2D eigenvalue weighted by Gasteiger charge is 2.24. The Balaban J connectivity index is 2.09. The first-order valence-corrected chi connectivity index (χ1v) is 7.71. The maximum Gasteiger partial charge on any atom is 0.246 e. The standard InChI is InChI=1S/C15H16BrClN2O2/c1-3-14(20)18(2)9-15(21)19-5-4-10-6-11(16)7-13(17)12(10)8-19/h3,6-7H,1,4-5,8-9H2,2H3. The molecule has 0 bridgehead atoms. The van der Waals surface area contributed by atoms with Crippen LogP contribution in [0.1, 0.15) is 11.1 Å². The normalized spacial score (nSPS) is 13.6. The summed E-state index contributed by atoms with van der Waals surface area (Å²) in [5.74, 6) is -0.347. The molecule has 0 N–H and O–H groups in total. The summed E-state index contributed by atoms with van der Waals surface area (Å²) >= 11 is 9.67. The van der Waals surface area contributed by atoms with Crippen LogP contribution in [0.15, 0.2) is 29.3 Å². The molecule has 1 heterocycles. The van der Waals surface area contributed by atoms with Gasteiger partial charge in [-0.25, -0.2) is 0 Å². The first-order valence-electron chi connectivity index (χ1n) is 6.54. The van der Waals surface area contributed by atoms with Gasteiger partial charge in [-0.05, 0) is 35.8 Å². The van der Waals surface area contributed by atoms with Gasteiger partial charge in [0.15, 0.2) is 0 Å². The molecule has 0 spiro atoms. The molecule has 2 amide bonds. The van der Waals surface area contributed by atoms with Crippen LogP contribution in [-0.4, -0.2) is 41.8 Å². The monoisotopic (exact) mass is 370 g/mol. The summed E-state index contributed by atoms with van der Waals surface area (Å²) in [6.45, 7) is 4.58. The third-order valence-corrected chi connectivity index (χ3v) is 4.32. The maximum absolute atomic E-state index is 12.3. The molecule has 0 aromatic heterocycles. The number of likely N-dealkylation sites (N-methyl/N-ethyl adjacent to an activating group) is 1. The van der Waals surface area contributed by atoms with Crippen molar-refractivity contribution in [2.24, 2.45) is 0 Å². The van der Waals surface area contributed by atoms with Gasteiger partial charge in [0, 0.05) is 29.6 Å². The average Bonchev–Trinajstić information content (AvgIpc) is 2.45. The minimum atomic E-state index is -0.261. The Kier molecular flexibility index (Phi) is 5.06. The molecule has 0 unspecified atom stereocenters. The molecule has 6 heteroatoms. The van der Waals surface area contributed by atoms with E-state index in [0.717, 1.165) is 22.0 Å². The van der Waals surface area contributed by atoms with Crippen molar-refractivity contribution in [2.75, 3.05) is 20.1 Å². The van der Waals surface area contributed by atoms with E-state index in [-0.39, 0.29) is 18.4 Å². The van der Waals surface area contributed by atoms with Crippen molar-refractivity contribution in [3.05, 3.63) is 45.4 Å². The summed E-state index contributed by atoms with van der Waals surface area (Å²) in [7, 11) is 1.59. The average molecular weight is 372 g/mol. The Morgan fingerprint density at radius 2 is 2.24 bits per heavy atom. The zero-order chi connectivity index (χ0) is 15.6. The predicted octanol–water partition coefficient (Wildman–Crippen LogP) is 2.63. The van der Waals surface area contributed by atoms with E-state index in [4.69, 9.17) is 11.6 Å². The number of hydrogen-bond donors (Lipinski definition) is 0. The van der Waals surface area contributed by atoms with Gasteiger partial charge in [-0.2, -0.15) is 0 Å². The second-order valence-corrected chi connectivity index (χ2v) is 6.31. The summed E-state index contributed by atoms with van der Waals surface area (Å²) in [5.41, 5.74) is 2.14. The van der Waals surface area contributed by atoms with Crippen molar-refractivity contribution < 1.29 is 9.59 Å². The van der Waals surface area contributed by atoms with Gasteiger partial charge in [-0.15, -0.1) is 0 Å². The predicted molar refractivity (Wildman–Crippen MR) is 86.1 cm³/mol. The quantitative estimate of drug-likeness (QED) is 0.766. The lowest BCUT2D eigenvalue weighted by atomic mass is 10.00. The van der Waals surface area contributed by atoms with Gasteiger partial charge in [0.2, 0.25) is 11.8 Å². The van der Waals surface area contributed by atoms with Crippen LogP contribution in [0.2, 0.25) is 5.02 Å². The molecular weight excluding hydrogens is 356 g/mol. The Hall–Kier alpha value is -1.33. The Morgan fingerprint density at radius 3 is 2.90 bits per heavy atom. The van der Waals surface area contributed by atoms with Crippen LogP contribution < -0.4 is 0 Å².